The molecule has 8 heteroatoms. The summed E-state index contributed by atoms with van der Waals surface area (Å²) in [5.41, 5.74) is 1.47. The number of hydrogen-bond donors (Lipinski definition) is 0. The van der Waals surface area contributed by atoms with Gasteiger partial charge in [-0.1, -0.05) is 0 Å². The second-order valence-electron chi connectivity index (χ2n) is 4.79. The van der Waals surface area contributed by atoms with E-state index >= 15 is 0 Å². The van der Waals surface area contributed by atoms with Crippen molar-refractivity contribution in [3.8, 4) is 11.5 Å². The minimum absolute atomic E-state index is 0.0556. The molecule has 0 aliphatic rings. The number of benzene rings is 2. The molecule has 0 fully saturated rings. The first-order valence-electron chi connectivity index (χ1n) is 7.71. The van der Waals surface area contributed by atoms with Crippen LogP contribution in [0.5, 0.6) is 11.5 Å². The third-order valence-electron chi connectivity index (χ3n) is 3.12. The minimum Gasteiger partial charge on any atom is -0.495 e. The number of aldehydes is 1. The Bertz CT molecular complexity index is 774. The highest BCUT2D eigenvalue weighted by molar-refractivity contribution is 9.11. The Hall–Kier alpha value is -1.54. The third kappa shape index (κ3) is 6.32. The van der Waals surface area contributed by atoms with Crippen molar-refractivity contribution in [2.45, 2.75) is 13.8 Å². The van der Waals surface area contributed by atoms with Crippen LogP contribution in [0.3, 0.4) is 0 Å². The number of hydrogen-bond acceptors (Lipinski definition) is 3. The van der Waals surface area contributed by atoms with Crippen molar-refractivity contribution < 1.29 is 28.8 Å². The molecule has 2 rings (SSSR count). The van der Waals surface area contributed by atoms with Gasteiger partial charge in [-0.15, -0.1) is 0 Å². The molecule has 3 nitrogen and oxygen atoms in total. The number of methoxy groups -OCH3 is 2. The van der Waals surface area contributed by atoms with Gasteiger partial charge in [0.15, 0.2) is 6.29 Å². The summed E-state index contributed by atoms with van der Waals surface area (Å²) in [6, 6.07) is 4.08. The minimum atomic E-state index is -1.00. The molecule has 0 spiro atoms. The molecule has 2 aromatic carbocycles. The molecular formula is C18H19Br2F3O3. The average molecular weight is 501 g/mol. The molecule has 0 unspecified atom stereocenters. The van der Waals surface area contributed by atoms with Crippen LogP contribution in [0.2, 0.25) is 0 Å². The highest BCUT2D eigenvalue weighted by atomic mass is 79.9. The van der Waals surface area contributed by atoms with Crippen LogP contribution in [0.25, 0.3) is 0 Å². The predicted octanol–water partition coefficient (Wildman–Crippen LogP) is 6.21. The number of aryl methyl sites for hydroxylation is 2. The van der Waals surface area contributed by atoms with Gasteiger partial charge in [-0.25, -0.2) is 8.78 Å². The van der Waals surface area contributed by atoms with E-state index in [1.165, 1.54) is 32.4 Å². The van der Waals surface area contributed by atoms with Gasteiger partial charge in [-0.2, -0.15) is 0 Å². The van der Waals surface area contributed by atoms with E-state index in [-0.39, 0.29) is 17.1 Å². The van der Waals surface area contributed by atoms with Gasteiger partial charge in [-0.05, 0) is 69.0 Å². The monoisotopic (exact) mass is 499 g/mol. The van der Waals surface area contributed by atoms with E-state index in [9.17, 15) is 18.0 Å². The lowest BCUT2D eigenvalue weighted by Gasteiger charge is -2.09. The molecule has 0 saturated carbocycles. The second-order valence-corrected chi connectivity index (χ2v) is 6.38. The largest absolute Gasteiger partial charge is 0.495 e. The molecule has 0 aliphatic heterocycles. The predicted molar refractivity (Wildman–Crippen MR) is 103 cm³/mol. The van der Waals surface area contributed by atoms with Crippen molar-refractivity contribution >= 4 is 38.1 Å². The van der Waals surface area contributed by atoms with Gasteiger partial charge in [-0.3, -0.25) is 9.18 Å². The van der Waals surface area contributed by atoms with Gasteiger partial charge in [0.05, 0.1) is 37.3 Å². The summed E-state index contributed by atoms with van der Waals surface area (Å²) in [5, 5.41) is 0. The summed E-state index contributed by atoms with van der Waals surface area (Å²) < 4.78 is 52.6. The smallest absolute Gasteiger partial charge is 0.156 e. The van der Waals surface area contributed by atoms with Crippen molar-refractivity contribution in [2.24, 2.45) is 0 Å². The maximum Gasteiger partial charge on any atom is 0.156 e. The van der Waals surface area contributed by atoms with Gasteiger partial charge in [0.2, 0.25) is 0 Å². The lowest BCUT2D eigenvalue weighted by Crippen LogP contribution is -1.97. The molecule has 2 aromatic rings. The van der Waals surface area contributed by atoms with Crippen LogP contribution in [-0.4, -0.2) is 27.7 Å². The van der Waals surface area contributed by atoms with E-state index < -0.39 is 13.0 Å². The van der Waals surface area contributed by atoms with Crippen molar-refractivity contribution in [1.82, 2.24) is 0 Å². The van der Waals surface area contributed by atoms with E-state index in [1.807, 2.05) is 6.92 Å². The first kappa shape index (κ1) is 22.5. The Morgan fingerprint density at radius 1 is 1.04 bits per heavy atom. The van der Waals surface area contributed by atoms with Crippen LogP contribution in [0.4, 0.5) is 13.2 Å². The van der Waals surface area contributed by atoms with Crippen LogP contribution in [0.1, 0.15) is 22.9 Å². The van der Waals surface area contributed by atoms with E-state index in [0.717, 1.165) is 10.0 Å². The lowest BCUT2D eigenvalue weighted by atomic mass is 10.1. The molecule has 0 bridgehead atoms. The maximum absolute atomic E-state index is 13.1. The normalized spacial score (nSPS) is 9.81. The molecule has 0 heterocycles. The molecule has 0 amide bonds. The first-order chi connectivity index (χ1) is 12.7. The molecular weight excluding hydrogens is 481 g/mol. The number of alkyl halides is 1. The highest BCUT2D eigenvalue weighted by Crippen LogP contribution is 2.33. The van der Waals surface area contributed by atoms with Gasteiger partial charge >= 0.3 is 0 Å². The molecule has 26 heavy (non-hydrogen) atoms. The van der Waals surface area contributed by atoms with Crippen LogP contribution >= 0.6 is 31.9 Å². The Morgan fingerprint density at radius 2 is 1.58 bits per heavy atom. The van der Waals surface area contributed by atoms with Gasteiger partial charge in [0.1, 0.15) is 23.1 Å². The summed E-state index contributed by atoms with van der Waals surface area (Å²) >= 11 is 6.50. The Morgan fingerprint density at radius 3 is 2.04 bits per heavy atom. The van der Waals surface area contributed by atoms with Crippen molar-refractivity contribution in [3.05, 3.63) is 55.5 Å². The maximum atomic E-state index is 13.1. The number of rotatable bonds is 3. The topological polar surface area (TPSA) is 35.5 Å². The average Bonchev–Trinajstić information content (AvgIpc) is 2.62. The number of carbonyl (C=O) groups is 1. The van der Waals surface area contributed by atoms with E-state index in [4.69, 9.17) is 10.8 Å². The van der Waals surface area contributed by atoms with Crippen molar-refractivity contribution in [3.63, 3.8) is 0 Å². The van der Waals surface area contributed by atoms with Crippen molar-refractivity contribution in [2.75, 3.05) is 21.4 Å². The van der Waals surface area contributed by atoms with Gasteiger partial charge < -0.3 is 9.47 Å². The molecule has 0 saturated heterocycles. The number of ether oxygens (including phenoxy) is 2. The molecule has 144 valence electrons. The summed E-state index contributed by atoms with van der Waals surface area (Å²) in [5.74, 6) is -0.0647. The van der Waals surface area contributed by atoms with Crippen LogP contribution in [0, 0.1) is 25.5 Å². The SMILES string of the molecule is COc1c(Br)c(C)cc(F)c1C=O.COc1cc(F)cc(C)c1Br.[2H]CF. The summed E-state index contributed by atoms with van der Waals surface area (Å²) in [6.45, 7) is 3.54. The fourth-order valence-electron chi connectivity index (χ4n) is 1.89. The van der Waals surface area contributed by atoms with Crippen LogP contribution in [0.15, 0.2) is 27.1 Å². The fourth-order valence-corrected chi connectivity index (χ4v) is 2.77. The fraction of sp³-hybridized carbons (Fsp3) is 0.278. The number of carbonyl (C=O) groups excluding carboxylic acids is 1. The molecule has 0 N–H and O–H groups in total. The van der Waals surface area contributed by atoms with Crippen molar-refractivity contribution in [1.29, 1.82) is 0 Å². The Balaban J connectivity index is 0.000000442. The summed E-state index contributed by atoms with van der Waals surface area (Å²) in [7, 11) is 1.91. The van der Waals surface area contributed by atoms with Gasteiger partial charge in [0, 0.05) is 6.07 Å². The highest BCUT2D eigenvalue weighted by Gasteiger charge is 2.14. The van der Waals surface area contributed by atoms with E-state index in [1.54, 1.807) is 6.92 Å². The first-order valence-corrected chi connectivity index (χ1v) is 8.59. The van der Waals surface area contributed by atoms with Crippen LogP contribution in [-0.2, 0) is 0 Å². The lowest BCUT2D eigenvalue weighted by molar-refractivity contribution is 0.111. The standard InChI is InChI=1S/C9H8BrFO2.C8H8BrFO.CH3F/c1-5-3-7(11)6(4-12)9(13-2)8(5)10;1-5-3-6(10)4-7(11-2)8(5)9;1-2/h3-4H,1-2H3;3-4H,1-2H3;1H3/i;;1D. The zero-order valence-corrected chi connectivity index (χ0v) is 17.8. The zero-order chi connectivity index (χ0) is 21.1. The van der Waals surface area contributed by atoms with Crippen LogP contribution < -0.4 is 9.47 Å². The Kier molecular flexibility index (Phi) is 10.3. The molecule has 0 aliphatic carbocycles. The molecule has 0 atom stereocenters. The van der Waals surface area contributed by atoms with Gasteiger partial charge in [0.25, 0.3) is 0 Å². The summed E-state index contributed by atoms with van der Waals surface area (Å²) in [4.78, 5) is 10.5. The quantitative estimate of drug-likeness (QED) is 0.470. The number of halogens is 5. The van der Waals surface area contributed by atoms with E-state index in [0.29, 0.717) is 22.1 Å². The second kappa shape index (κ2) is 12.0. The molecule has 0 radical (unpaired) electrons. The van der Waals surface area contributed by atoms with E-state index in [2.05, 4.69) is 31.9 Å². The Labute approximate surface area is 169 Å². The summed E-state index contributed by atoms with van der Waals surface area (Å²) in [6.07, 6.45) is 0.443. The third-order valence-corrected chi connectivity index (χ3v) is 5.12. The molecule has 0 aromatic heterocycles. The zero-order valence-electron chi connectivity index (χ0n) is 15.6.